The van der Waals surface area contributed by atoms with Gasteiger partial charge in [-0.3, -0.25) is 10.1 Å². The van der Waals surface area contributed by atoms with E-state index in [0.29, 0.717) is 6.61 Å². The van der Waals surface area contributed by atoms with E-state index in [1.807, 2.05) is 19.1 Å². The Morgan fingerprint density at radius 1 is 1.59 bits per heavy atom. The second-order valence-electron chi connectivity index (χ2n) is 4.14. The highest BCUT2D eigenvalue weighted by molar-refractivity contribution is 5.80. The second kappa shape index (κ2) is 6.42. The van der Waals surface area contributed by atoms with Crippen LogP contribution in [0.3, 0.4) is 0 Å². The standard InChI is InChI=1S/C12H20N2O3/c1-9(12(15)14(2)3)13-10(8-16-4)11-6-5-7-17-11/h5-7,9-10,13H,8H2,1-4H3/t9-,10+/m1/s1. The first-order valence-electron chi connectivity index (χ1n) is 5.55. The van der Waals surface area contributed by atoms with E-state index >= 15 is 0 Å². The predicted molar refractivity (Wildman–Crippen MR) is 64.6 cm³/mol. The number of methoxy groups -OCH3 is 1. The molecule has 0 aliphatic rings. The summed E-state index contributed by atoms with van der Waals surface area (Å²) in [5, 5.41) is 3.19. The van der Waals surface area contributed by atoms with E-state index in [9.17, 15) is 4.79 Å². The van der Waals surface area contributed by atoms with Gasteiger partial charge in [-0.2, -0.15) is 0 Å². The fourth-order valence-corrected chi connectivity index (χ4v) is 1.63. The van der Waals surface area contributed by atoms with Crippen molar-refractivity contribution in [1.29, 1.82) is 0 Å². The monoisotopic (exact) mass is 240 g/mol. The Labute approximate surface area is 102 Å². The summed E-state index contributed by atoms with van der Waals surface area (Å²) in [6, 6.07) is 3.28. The van der Waals surface area contributed by atoms with E-state index < -0.39 is 0 Å². The average Bonchev–Trinajstić information content (AvgIpc) is 2.80. The minimum Gasteiger partial charge on any atom is -0.468 e. The van der Waals surface area contributed by atoms with Crippen molar-refractivity contribution in [3.05, 3.63) is 24.2 Å². The van der Waals surface area contributed by atoms with Gasteiger partial charge in [0.15, 0.2) is 0 Å². The molecule has 1 aromatic rings. The van der Waals surface area contributed by atoms with Crippen LogP contribution in [0.1, 0.15) is 18.7 Å². The summed E-state index contributed by atoms with van der Waals surface area (Å²) in [4.78, 5) is 13.3. The SMILES string of the molecule is COC[C@H](N[C@H](C)C(=O)N(C)C)c1ccco1. The van der Waals surface area contributed by atoms with Crippen LogP contribution in [0.5, 0.6) is 0 Å². The van der Waals surface area contributed by atoms with Gasteiger partial charge in [-0.05, 0) is 19.1 Å². The molecule has 5 nitrogen and oxygen atoms in total. The number of hydrogen-bond acceptors (Lipinski definition) is 4. The van der Waals surface area contributed by atoms with Crippen LogP contribution in [0.15, 0.2) is 22.8 Å². The number of hydrogen-bond donors (Lipinski definition) is 1. The first-order chi connectivity index (χ1) is 8.06. The van der Waals surface area contributed by atoms with Crippen molar-refractivity contribution in [2.24, 2.45) is 0 Å². The van der Waals surface area contributed by atoms with E-state index in [1.54, 1.807) is 32.4 Å². The maximum absolute atomic E-state index is 11.7. The van der Waals surface area contributed by atoms with Crippen molar-refractivity contribution in [1.82, 2.24) is 10.2 Å². The number of ether oxygens (including phenoxy) is 1. The number of nitrogens with zero attached hydrogens (tertiary/aromatic N) is 1. The number of carbonyl (C=O) groups excluding carboxylic acids is 1. The van der Waals surface area contributed by atoms with Crippen molar-refractivity contribution < 1.29 is 13.9 Å². The van der Waals surface area contributed by atoms with Gasteiger partial charge in [0.05, 0.1) is 25.0 Å². The van der Waals surface area contributed by atoms with Gasteiger partial charge in [0, 0.05) is 21.2 Å². The van der Waals surface area contributed by atoms with Crippen LogP contribution in [0.2, 0.25) is 0 Å². The Kier molecular flexibility index (Phi) is 5.18. The van der Waals surface area contributed by atoms with E-state index in [-0.39, 0.29) is 18.0 Å². The lowest BCUT2D eigenvalue weighted by atomic mass is 10.2. The minimum absolute atomic E-state index is 0.0256. The zero-order valence-electron chi connectivity index (χ0n) is 10.8. The maximum Gasteiger partial charge on any atom is 0.238 e. The molecule has 96 valence electrons. The first-order valence-corrected chi connectivity index (χ1v) is 5.55. The van der Waals surface area contributed by atoms with Gasteiger partial charge in [0.1, 0.15) is 5.76 Å². The van der Waals surface area contributed by atoms with Crippen molar-refractivity contribution in [3.8, 4) is 0 Å². The van der Waals surface area contributed by atoms with Gasteiger partial charge in [0.2, 0.25) is 5.91 Å². The topological polar surface area (TPSA) is 54.7 Å². The highest BCUT2D eigenvalue weighted by Crippen LogP contribution is 2.14. The summed E-state index contributed by atoms with van der Waals surface area (Å²) in [5.41, 5.74) is 0. The molecule has 1 aromatic heterocycles. The molecule has 0 aromatic carbocycles. The quantitative estimate of drug-likeness (QED) is 0.807. The van der Waals surface area contributed by atoms with E-state index in [4.69, 9.17) is 9.15 Å². The van der Waals surface area contributed by atoms with Crippen LogP contribution < -0.4 is 5.32 Å². The number of likely N-dealkylation sites (N-methyl/N-ethyl adjacent to an activating group) is 1. The molecule has 0 bridgehead atoms. The number of carbonyl (C=O) groups is 1. The zero-order valence-corrected chi connectivity index (χ0v) is 10.8. The molecule has 17 heavy (non-hydrogen) atoms. The second-order valence-corrected chi connectivity index (χ2v) is 4.14. The van der Waals surface area contributed by atoms with Crippen LogP contribution in [0.4, 0.5) is 0 Å². The predicted octanol–water partition coefficient (Wildman–Crippen LogP) is 1.03. The fraction of sp³-hybridized carbons (Fsp3) is 0.583. The van der Waals surface area contributed by atoms with Crippen molar-refractivity contribution >= 4 is 5.91 Å². The molecule has 0 unspecified atom stereocenters. The summed E-state index contributed by atoms with van der Waals surface area (Å²) >= 11 is 0. The summed E-state index contributed by atoms with van der Waals surface area (Å²) in [5.74, 6) is 0.794. The van der Waals surface area contributed by atoms with E-state index in [2.05, 4.69) is 5.32 Å². The summed E-state index contributed by atoms with van der Waals surface area (Å²) < 4.78 is 10.4. The van der Waals surface area contributed by atoms with E-state index in [1.165, 1.54) is 0 Å². The molecule has 0 fully saturated rings. The highest BCUT2D eigenvalue weighted by atomic mass is 16.5. The zero-order chi connectivity index (χ0) is 12.8. The molecule has 2 atom stereocenters. The van der Waals surface area contributed by atoms with Gasteiger partial charge in [0.25, 0.3) is 0 Å². The normalized spacial score (nSPS) is 14.4. The van der Waals surface area contributed by atoms with Crippen molar-refractivity contribution in [3.63, 3.8) is 0 Å². The molecule has 1 rings (SSSR count). The number of amides is 1. The van der Waals surface area contributed by atoms with E-state index in [0.717, 1.165) is 5.76 Å². The Morgan fingerprint density at radius 2 is 2.29 bits per heavy atom. The van der Waals surface area contributed by atoms with Crippen molar-refractivity contribution in [2.75, 3.05) is 27.8 Å². The number of furan rings is 1. The maximum atomic E-state index is 11.7. The summed E-state index contributed by atoms with van der Waals surface area (Å²) in [6.07, 6.45) is 1.61. The van der Waals surface area contributed by atoms with Crippen LogP contribution in [0, 0.1) is 0 Å². The molecule has 0 radical (unpaired) electrons. The van der Waals surface area contributed by atoms with Crippen LogP contribution >= 0.6 is 0 Å². The molecule has 0 aliphatic carbocycles. The third-order valence-electron chi connectivity index (χ3n) is 2.48. The Hall–Kier alpha value is -1.33. The largest absolute Gasteiger partial charge is 0.468 e. The van der Waals surface area contributed by atoms with Gasteiger partial charge < -0.3 is 14.1 Å². The van der Waals surface area contributed by atoms with Gasteiger partial charge in [-0.25, -0.2) is 0 Å². The first kappa shape index (κ1) is 13.7. The molecular formula is C12H20N2O3. The molecule has 0 saturated carbocycles. The molecule has 1 amide bonds. The number of rotatable bonds is 6. The molecule has 0 aliphatic heterocycles. The lowest BCUT2D eigenvalue weighted by Crippen LogP contribution is -2.44. The molecule has 5 heteroatoms. The highest BCUT2D eigenvalue weighted by Gasteiger charge is 2.21. The minimum atomic E-state index is -0.282. The Balaban J connectivity index is 2.64. The third-order valence-corrected chi connectivity index (χ3v) is 2.48. The van der Waals surface area contributed by atoms with Gasteiger partial charge in [-0.15, -0.1) is 0 Å². The Morgan fingerprint density at radius 3 is 2.76 bits per heavy atom. The van der Waals surface area contributed by atoms with Crippen molar-refractivity contribution in [2.45, 2.75) is 19.0 Å². The molecule has 1 N–H and O–H groups in total. The molecular weight excluding hydrogens is 220 g/mol. The van der Waals surface area contributed by atoms with Gasteiger partial charge >= 0.3 is 0 Å². The smallest absolute Gasteiger partial charge is 0.238 e. The number of nitrogens with one attached hydrogen (secondary N) is 1. The fourth-order valence-electron chi connectivity index (χ4n) is 1.63. The average molecular weight is 240 g/mol. The lowest BCUT2D eigenvalue weighted by molar-refractivity contribution is -0.130. The Bertz CT molecular complexity index is 336. The third kappa shape index (κ3) is 3.87. The van der Waals surface area contributed by atoms with Crippen LogP contribution in [0.25, 0.3) is 0 Å². The molecule has 1 heterocycles. The summed E-state index contributed by atoms with van der Waals surface area (Å²) in [6.45, 7) is 2.28. The van der Waals surface area contributed by atoms with Crippen LogP contribution in [-0.4, -0.2) is 44.7 Å². The molecule has 0 saturated heterocycles. The molecule has 0 spiro atoms. The van der Waals surface area contributed by atoms with Gasteiger partial charge in [-0.1, -0.05) is 0 Å². The van der Waals surface area contributed by atoms with Crippen LogP contribution in [-0.2, 0) is 9.53 Å². The lowest BCUT2D eigenvalue weighted by Gasteiger charge is -2.23. The summed E-state index contributed by atoms with van der Waals surface area (Å²) in [7, 11) is 5.09.